The van der Waals surface area contributed by atoms with Gasteiger partial charge in [-0.3, -0.25) is 4.79 Å². The summed E-state index contributed by atoms with van der Waals surface area (Å²) in [7, 11) is 0. The Kier molecular flexibility index (Phi) is 2.57. The van der Waals surface area contributed by atoms with Gasteiger partial charge in [0.25, 0.3) is 0 Å². The first kappa shape index (κ1) is 10.6. The van der Waals surface area contributed by atoms with Crippen molar-refractivity contribution in [3.63, 3.8) is 0 Å². The Morgan fingerprint density at radius 2 is 2.38 bits per heavy atom. The second-order valence-electron chi connectivity index (χ2n) is 3.64. The Bertz CT molecular complexity index is 535. The Balaban J connectivity index is 2.41. The lowest BCUT2D eigenvalue weighted by Gasteiger charge is -2.07. The third-order valence-corrected chi connectivity index (χ3v) is 2.44. The number of rotatable bonds is 3. The molecule has 16 heavy (non-hydrogen) atoms. The summed E-state index contributed by atoms with van der Waals surface area (Å²) in [5, 5.41) is 16.6. The van der Waals surface area contributed by atoms with Crippen LogP contribution in [-0.2, 0) is 11.2 Å². The van der Waals surface area contributed by atoms with E-state index in [0.717, 1.165) is 16.9 Å². The van der Waals surface area contributed by atoms with Crippen LogP contribution >= 0.6 is 0 Å². The molecule has 3 N–H and O–H groups in total. The van der Waals surface area contributed by atoms with Crippen LogP contribution in [0.1, 0.15) is 11.4 Å². The molecule has 84 valence electrons. The normalized spacial score (nSPS) is 12.9. The third-order valence-electron chi connectivity index (χ3n) is 2.44. The van der Waals surface area contributed by atoms with Gasteiger partial charge in [-0.05, 0) is 19.1 Å². The van der Waals surface area contributed by atoms with E-state index >= 15 is 0 Å². The van der Waals surface area contributed by atoms with Crippen molar-refractivity contribution in [2.24, 2.45) is 5.73 Å². The molecule has 0 saturated carbocycles. The topological polar surface area (TPSA) is 93.5 Å². The zero-order valence-electron chi connectivity index (χ0n) is 8.79. The van der Waals surface area contributed by atoms with Gasteiger partial charge < -0.3 is 10.8 Å². The van der Waals surface area contributed by atoms with Gasteiger partial charge in [0.05, 0.1) is 11.2 Å². The van der Waals surface area contributed by atoms with E-state index in [9.17, 15) is 4.79 Å². The molecular formula is C10H12N4O2. The van der Waals surface area contributed by atoms with Crippen molar-refractivity contribution < 1.29 is 9.90 Å². The first-order chi connectivity index (χ1) is 7.59. The molecule has 0 aliphatic heterocycles. The summed E-state index contributed by atoms with van der Waals surface area (Å²) in [4.78, 5) is 10.7. The van der Waals surface area contributed by atoms with E-state index in [2.05, 4.69) is 10.3 Å². The maximum atomic E-state index is 10.7. The fraction of sp³-hybridized carbons (Fsp3) is 0.300. The number of nitrogens with two attached hydrogens (primary N) is 1. The van der Waals surface area contributed by atoms with Gasteiger partial charge in [0.1, 0.15) is 6.04 Å². The molecule has 0 aliphatic rings. The molecule has 0 amide bonds. The average Bonchev–Trinajstić information content (AvgIpc) is 2.62. The zero-order valence-corrected chi connectivity index (χ0v) is 8.79. The third kappa shape index (κ3) is 1.74. The highest BCUT2D eigenvalue weighted by atomic mass is 16.4. The predicted octanol–water partition coefficient (Wildman–Crippen LogP) is -0.00788. The summed E-state index contributed by atoms with van der Waals surface area (Å²) in [5.41, 5.74) is 7.91. The summed E-state index contributed by atoms with van der Waals surface area (Å²) in [5.74, 6) is -1.02. The fourth-order valence-corrected chi connectivity index (χ4v) is 1.56. The minimum absolute atomic E-state index is 0.232. The first-order valence-corrected chi connectivity index (χ1v) is 4.88. The molecule has 1 unspecified atom stereocenters. The van der Waals surface area contributed by atoms with Gasteiger partial charge in [-0.2, -0.15) is 0 Å². The number of fused-ring (bicyclic) bond motifs is 1. The van der Waals surface area contributed by atoms with Crippen LogP contribution in [0.2, 0.25) is 0 Å². The van der Waals surface area contributed by atoms with E-state index in [4.69, 9.17) is 10.8 Å². The van der Waals surface area contributed by atoms with E-state index in [1.165, 1.54) is 0 Å². The van der Waals surface area contributed by atoms with Crippen molar-refractivity contribution in [2.75, 3.05) is 0 Å². The van der Waals surface area contributed by atoms with Crippen LogP contribution < -0.4 is 5.73 Å². The molecule has 2 aromatic heterocycles. The van der Waals surface area contributed by atoms with Gasteiger partial charge in [-0.25, -0.2) is 4.52 Å². The van der Waals surface area contributed by atoms with E-state index in [1.54, 1.807) is 10.6 Å². The number of carbonyl (C=O) groups is 1. The SMILES string of the molecule is Cc1nnn2c(CC(N)C(=O)O)cccc12. The van der Waals surface area contributed by atoms with Gasteiger partial charge in [0.15, 0.2) is 0 Å². The van der Waals surface area contributed by atoms with Crippen molar-refractivity contribution in [1.82, 2.24) is 14.8 Å². The average molecular weight is 220 g/mol. The molecule has 1 atom stereocenters. The Labute approximate surface area is 91.7 Å². The Morgan fingerprint density at radius 3 is 3.06 bits per heavy atom. The number of carboxylic acids is 1. The van der Waals surface area contributed by atoms with E-state index in [-0.39, 0.29) is 6.42 Å². The largest absolute Gasteiger partial charge is 0.480 e. The lowest BCUT2D eigenvalue weighted by Crippen LogP contribution is -2.33. The zero-order chi connectivity index (χ0) is 11.7. The van der Waals surface area contributed by atoms with Gasteiger partial charge in [0.2, 0.25) is 0 Å². The number of pyridine rings is 1. The molecule has 2 rings (SSSR count). The molecule has 0 spiro atoms. The van der Waals surface area contributed by atoms with Crippen LogP contribution in [0.4, 0.5) is 0 Å². The van der Waals surface area contributed by atoms with Crippen molar-refractivity contribution >= 4 is 11.5 Å². The van der Waals surface area contributed by atoms with Crippen molar-refractivity contribution in [3.8, 4) is 0 Å². The molecule has 0 aliphatic carbocycles. The van der Waals surface area contributed by atoms with E-state index < -0.39 is 12.0 Å². The standard InChI is InChI=1S/C10H12N4O2/c1-6-9-4-2-3-7(14(9)13-12-6)5-8(11)10(15)16/h2-4,8H,5,11H2,1H3,(H,15,16). The summed E-state index contributed by atoms with van der Waals surface area (Å²) in [6.45, 7) is 1.85. The van der Waals surface area contributed by atoms with Gasteiger partial charge in [-0.15, -0.1) is 5.10 Å². The number of aromatic nitrogens is 3. The molecular weight excluding hydrogens is 208 g/mol. The number of hydrogen-bond acceptors (Lipinski definition) is 4. The lowest BCUT2D eigenvalue weighted by molar-refractivity contribution is -0.138. The molecule has 2 heterocycles. The van der Waals surface area contributed by atoms with Crippen LogP contribution in [0.15, 0.2) is 18.2 Å². The van der Waals surface area contributed by atoms with E-state index in [1.807, 2.05) is 19.1 Å². The van der Waals surface area contributed by atoms with Crippen molar-refractivity contribution in [2.45, 2.75) is 19.4 Å². The summed E-state index contributed by atoms with van der Waals surface area (Å²) < 4.78 is 1.62. The quantitative estimate of drug-likeness (QED) is 0.758. The number of nitrogens with zero attached hydrogens (tertiary/aromatic N) is 3. The maximum Gasteiger partial charge on any atom is 0.320 e. The summed E-state index contributed by atoms with van der Waals surface area (Å²) >= 11 is 0. The molecule has 0 radical (unpaired) electrons. The highest BCUT2D eigenvalue weighted by molar-refractivity contribution is 5.73. The van der Waals surface area contributed by atoms with Crippen LogP contribution in [0.25, 0.3) is 5.52 Å². The molecule has 0 bridgehead atoms. The minimum atomic E-state index is -1.02. The highest BCUT2D eigenvalue weighted by Crippen LogP contribution is 2.10. The Morgan fingerprint density at radius 1 is 1.62 bits per heavy atom. The second-order valence-corrected chi connectivity index (χ2v) is 3.64. The molecule has 0 aromatic carbocycles. The molecule has 0 fully saturated rings. The fourth-order valence-electron chi connectivity index (χ4n) is 1.56. The van der Waals surface area contributed by atoms with Crippen molar-refractivity contribution in [3.05, 3.63) is 29.6 Å². The minimum Gasteiger partial charge on any atom is -0.480 e. The van der Waals surface area contributed by atoms with E-state index in [0.29, 0.717) is 0 Å². The highest BCUT2D eigenvalue weighted by Gasteiger charge is 2.15. The predicted molar refractivity (Wildman–Crippen MR) is 57.0 cm³/mol. The monoisotopic (exact) mass is 220 g/mol. The molecule has 0 saturated heterocycles. The van der Waals surface area contributed by atoms with Crippen LogP contribution in [0, 0.1) is 6.92 Å². The number of aliphatic carboxylic acids is 1. The summed E-state index contributed by atoms with van der Waals surface area (Å²) in [6, 6.07) is 4.60. The van der Waals surface area contributed by atoms with Gasteiger partial charge >= 0.3 is 5.97 Å². The first-order valence-electron chi connectivity index (χ1n) is 4.88. The van der Waals surface area contributed by atoms with Crippen LogP contribution in [0.3, 0.4) is 0 Å². The van der Waals surface area contributed by atoms with Crippen molar-refractivity contribution in [1.29, 1.82) is 0 Å². The summed E-state index contributed by atoms with van der Waals surface area (Å²) in [6.07, 6.45) is 0.232. The number of aryl methyl sites for hydroxylation is 1. The van der Waals surface area contributed by atoms with Crippen LogP contribution in [0.5, 0.6) is 0 Å². The Hall–Kier alpha value is -1.95. The number of hydrogen-bond donors (Lipinski definition) is 2. The lowest BCUT2D eigenvalue weighted by atomic mass is 10.1. The maximum absolute atomic E-state index is 10.7. The molecule has 6 nitrogen and oxygen atoms in total. The smallest absolute Gasteiger partial charge is 0.320 e. The van der Waals surface area contributed by atoms with Gasteiger partial charge in [0, 0.05) is 12.1 Å². The number of carboxylic acid groups (broad SMARTS) is 1. The molecule has 6 heteroatoms. The van der Waals surface area contributed by atoms with Crippen LogP contribution in [-0.4, -0.2) is 31.9 Å². The molecule has 2 aromatic rings. The second kappa shape index (κ2) is 3.90. The van der Waals surface area contributed by atoms with Gasteiger partial charge in [-0.1, -0.05) is 11.3 Å².